The quantitative estimate of drug-likeness (QED) is 0.289. The molecule has 0 aliphatic rings. The van der Waals surface area contributed by atoms with Crippen LogP contribution in [0.15, 0.2) is 60.7 Å². The summed E-state index contributed by atoms with van der Waals surface area (Å²) in [6, 6.07) is 22.9. The predicted molar refractivity (Wildman–Crippen MR) is 117 cm³/mol. The van der Waals surface area contributed by atoms with Gasteiger partial charge in [0.2, 0.25) is 0 Å². The third-order valence-corrected chi connectivity index (χ3v) is 10.0. The average molecular weight is 356 g/mol. The van der Waals surface area contributed by atoms with Crippen molar-refractivity contribution in [3.8, 4) is 0 Å². The van der Waals surface area contributed by atoms with Gasteiger partial charge in [-0.3, -0.25) is 0 Å². The zero-order valence-electron chi connectivity index (χ0n) is 16.3. The third-order valence-electron chi connectivity index (χ3n) is 5.29. The van der Waals surface area contributed by atoms with E-state index in [1.807, 2.05) is 0 Å². The SMILES string of the molecule is CCCCCC[P+](CCCCCC)(c1ccccc1)c1ccccc1. The van der Waals surface area contributed by atoms with E-state index in [0.29, 0.717) is 0 Å². The molecule has 0 nitrogen and oxygen atoms in total. The van der Waals surface area contributed by atoms with E-state index in [1.165, 1.54) is 63.7 Å². The minimum absolute atomic E-state index is 1.28. The van der Waals surface area contributed by atoms with Crippen LogP contribution >= 0.6 is 7.26 Å². The van der Waals surface area contributed by atoms with Gasteiger partial charge in [-0.1, -0.05) is 75.9 Å². The van der Waals surface area contributed by atoms with Crippen molar-refractivity contribution in [3.63, 3.8) is 0 Å². The molecular weight excluding hydrogens is 319 g/mol. The van der Waals surface area contributed by atoms with Gasteiger partial charge in [-0.15, -0.1) is 0 Å². The van der Waals surface area contributed by atoms with E-state index in [2.05, 4.69) is 74.5 Å². The first-order chi connectivity index (χ1) is 12.3. The van der Waals surface area contributed by atoms with Crippen LogP contribution in [0.25, 0.3) is 0 Å². The fourth-order valence-electron chi connectivity index (χ4n) is 3.82. The molecule has 2 aromatic carbocycles. The zero-order chi connectivity index (χ0) is 17.8. The topological polar surface area (TPSA) is 0 Å². The Morgan fingerprint density at radius 1 is 0.520 bits per heavy atom. The highest BCUT2D eigenvalue weighted by Gasteiger charge is 2.41. The molecule has 0 bridgehead atoms. The van der Waals surface area contributed by atoms with Crippen LogP contribution in [0.5, 0.6) is 0 Å². The van der Waals surface area contributed by atoms with Crippen molar-refractivity contribution >= 4 is 17.9 Å². The highest BCUT2D eigenvalue weighted by molar-refractivity contribution is 7.89. The van der Waals surface area contributed by atoms with Gasteiger partial charge in [0, 0.05) is 0 Å². The molecule has 0 unspecified atom stereocenters. The van der Waals surface area contributed by atoms with Gasteiger partial charge < -0.3 is 0 Å². The summed E-state index contributed by atoms with van der Waals surface area (Å²) in [4.78, 5) is 0. The Labute approximate surface area is 156 Å². The third kappa shape index (κ3) is 5.96. The first-order valence-electron chi connectivity index (χ1n) is 10.3. The van der Waals surface area contributed by atoms with Gasteiger partial charge in [-0.25, -0.2) is 0 Å². The largest absolute Gasteiger partial charge is 0.0991 e. The first-order valence-corrected chi connectivity index (χ1v) is 12.5. The molecule has 0 amide bonds. The molecule has 0 aliphatic heterocycles. The van der Waals surface area contributed by atoms with Crippen molar-refractivity contribution in [2.75, 3.05) is 12.3 Å². The summed E-state index contributed by atoms with van der Waals surface area (Å²) >= 11 is 0. The van der Waals surface area contributed by atoms with Gasteiger partial charge in [0.25, 0.3) is 0 Å². The molecule has 0 aliphatic carbocycles. The van der Waals surface area contributed by atoms with Crippen molar-refractivity contribution in [2.45, 2.75) is 65.2 Å². The van der Waals surface area contributed by atoms with E-state index in [9.17, 15) is 0 Å². The summed E-state index contributed by atoms with van der Waals surface area (Å²) in [6.45, 7) is 4.61. The summed E-state index contributed by atoms with van der Waals surface area (Å²) in [7, 11) is -1.28. The Morgan fingerprint density at radius 3 is 1.28 bits per heavy atom. The maximum atomic E-state index is 2.40. The molecule has 0 saturated heterocycles. The minimum atomic E-state index is -1.28. The smallest absolute Gasteiger partial charge is 0.0654 e. The fourth-order valence-corrected chi connectivity index (χ4v) is 8.39. The van der Waals surface area contributed by atoms with Crippen molar-refractivity contribution in [1.29, 1.82) is 0 Å². The lowest BCUT2D eigenvalue weighted by molar-refractivity contribution is 0.695. The highest BCUT2D eigenvalue weighted by atomic mass is 31.2. The first kappa shape index (κ1) is 20.2. The predicted octanol–water partition coefficient (Wildman–Crippen LogP) is 6.82. The summed E-state index contributed by atoms with van der Waals surface area (Å²) in [5.74, 6) is 0. The van der Waals surface area contributed by atoms with Gasteiger partial charge in [0.05, 0.1) is 30.2 Å². The maximum absolute atomic E-state index is 2.40. The van der Waals surface area contributed by atoms with Crippen LogP contribution in [0.1, 0.15) is 65.2 Å². The molecule has 136 valence electrons. The molecule has 0 aromatic heterocycles. The molecule has 0 spiro atoms. The number of benzene rings is 2. The van der Waals surface area contributed by atoms with Crippen LogP contribution in [-0.2, 0) is 0 Å². The summed E-state index contributed by atoms with van der Waals surface area (Å²) in [5, 5.41) is 3.24. The summed E-state index contributed by atoms with van der Waals surface area (Å²) in [6.07, 6.45) is 13.7. The maximum Gasteiger partial charge on any atom is 0.0991 e. The second kappa shape index (κ2) is 11.5. The van der Waals surface area contributed by atoms with E-state index in [0.717, 1.165) is 0 Å². The molecule has 25 heavy (non-hydrogen) atoms. The van der Waals surface area contributed by atoms with E-state index < -0.39 is 7.26 Å². The molecule has 2 aromatic rings. The van der Waals surface area contributed by atoms with Crippen LogP contribution in [0, 0.1) is 0 Å². The van der Waals surface area contributed by atoms with Crippen LogP contribution in [0.4, 0.5) is 0 Å². The normalized spacial score (nSPS) is 11.6. The number of unbranched alkanes of at least 4 members (excludes halogenated alkanes) is 6. The van der Waals surface area contributed by atoms with E-state index >= 15 is 0 Å². The van der Waals surface area contributed by atoms with E-state index in [1.54, 1.807) is 10.6 Å². The Bertz CT molecular complexity index is 508. The Balaban J connectivity index is 2.30. The number of hydrogen-bond donors (Lipinski definition) is 0. The molecule has 1 heteroatoms. The molecule has 2 rings (SSSR count). The number of rotatable bonds is 12. The van der Waals surface area contributed by atoms with Gasteiger partial charge in [0.15, 0.2) is 0 Å². The summed E-state index contributed by atoms with van der Waals surface area (Å²) in [5.41, 5.74) is 0. The van der Waals surface area contributed by atoms with Crippen molar-refractivity contribution < 1.29 is 0 Å². The lowest BCUT2D eigenvalue weighted by Gasteiger charge is -2.28. The van der Waals surface area contributed by atoms with Crippen molar-refractivity contribution in [1.82, 2.24) is 0 Å². The molecular formula is C24H36P+. The Hall–Kier alpha value is -1.13. The van der Waals surface area contributed by atoms with Crippen LogP contribution in [0.3, 0.4) is 0 Å². The van der Waals surface area contributed by atoms with Gasteiger partial charge in [-0.05, 0) is 49.9 Å². The van der Waals surface area contributed by atoms with E-state index in [4.69, 9.17) is 0 Å². The second-order valence-electron chi connectivity index (χ2n) is 7.21. The molecule has 0 saturated carbocycles. The van der Waals surface area contributed by atoms with Gasteiger partial charge in [-0.2, -0.15) is 0 Å². The minimum Gasteiger partial charge on any atom is -0.0654 e. The van der Waals surface area contributed by atoms with Crippen LogP contribution in [-0.4, -0.2) is 12.3 Å². The highest BCUT2D eigenvalue weighted by Crippen LogP contribution is 2.57. The van der Waals surface area contributed by atoms with Crippen LogP contribution < -0.4 is 10.6 Å². The molecule has 0 N–H and O–H groups in total. The van der Waals surface area contributed by atoms with Gasteiger partial charge >= 0.3 is 0 Å². The van der Waals surface area contributed by atoms with Crippen LogP contribution in [0.2, 0.25) is 0 Å². The zero-order valence-corrected chi connectivity index (χ0v) is 17.2. The second-order valence-corrected chi connectivity index (χ2v) is 11.1. The van der Waals surface area contributed by atoms with Crippen molar-refractivity contribution in [2.24, 2.45) is 0 Å². The lowest BCUT2D eigenvalue weighted by atomic mass is 10.2. The standard InChI is InChI=1S/C24H36P/c1-3-5-7-15-21-25(22-16-8-6-4-2,23-17-11-9-12-18-23)24-19-13-10-14-20-24/h9-14,17-20H,3-8,15-16,21-22H2,1-2H3/q+1. The Morgan fingerprint density at radius 2 is 0.920 bits per heavy atom. The monoisotopic (exact) mass is 355 g/mol. The van der Waals surface area contributed by atoms with Crippen molar-refractivity contribution in [3.05, 3.63) is 60.7 Å². The lowest BCUT2D eigenvalue weighted by Crippen LogP contribution is -2.27. The number of hydrogen-bond acceptors (Lipinski definition) is 0. The summed E-state index contributed by atoms with van der Waals surface area (Å²) < 4.78 is 0. The Kier molecular flexibility index (Phi) is 9.27. The molecule has 0 fully saturated rings. The van der Waals surface area contributed by atoms with Gasteiger partial charge in [0.1, 0.15) is 0 Å². The molecule has 0 atom stereocenters. The molecule has 0 heterocycles. The fraction of sp³-hybridized carbons (Fsp3) is 0.500. The molecule has 0 radical (unpaired) electrons. The average Bonchev–Trinajstić information content (AvgIpc) is 2.68. The van der Waals surface area contributed by atoms with E-state index in [-0.39, 0.29) is 0 Å².